The summed E-state index contributed by atoms with van der Waals surface area (Å²) < 4.78 is 31.5. The predicted molar refractivity (Wildman–Crippen MR) is 144 cm³/mol. The van der Waals surface area contributed by atoms with Gasteiger partial charge in [-0.25, -0.2) is 0 Å². The number of rotatable bonds is 5. The van der Waals surface area contributed by atoms with Crippen LogP contribution in [-0.4, -0.2) is 12.1 Å². The Hall–Kier alpha value is -2.73. The van der Waals surface area contributed by atoms with Crippen molar-refractivity contribution in [3.8, 4) is 0 Å². The largest absolute Gasteiger partial charge is 0.542 e. The number of alkyl halides is 3. The minimum Gasteiger partial charge on any atom is -0.542 e. The van der Waals surface area contributed by atoms with Crippen molar-refractivity contribution in [1.82, 2.24) is 0 Å². The molecule has 2 aliphatic carbocycles. The van der Waals surface area contributed by atoms with Crippen LogP contribution in [0.1, 0.15) is 87.2 Å². The molecule has 3 aromatic carbocycles. The summed E-state index contributed by atoms with van der Waals surface area (Å²) in [6.45, 7) is 0. The molecule has 2 nitrogen and oxygen atoms in total. The van der Waals surface area contributed by atoms with Crippen LogP contribution < -0.4 is 5.11 Å². The third kappa shape index (κ3) is 7.66. The van der Waals surface area contributed by atoms with Crippen molar-refractivity contribution in [1.29, 1.82) is 0 Å². The van der Waals surface area contributed by atoms with Crippen molar-refractivity contribution in [2.45, 2.75) is 96.9 Å². The normalized spacial score (nSPS) is 17.1. The minimum absolute atomic E-state index is 0.0410. The van der Waals surface area contributed by atoms with Gasteiger partial charge < -0.3 is 9.90 Å². The number of aliphatic carboxylic acids is 1. The Labute approximate surface area is 226 Å². The lowest BCUT2D eigenvalue weighted by Gasteiger charge is -2.22. The number of halogens is 3. The second-order valence-corrected chi connectivity index (χ2v) is 12.2. The van der Waals surface area contributed by atoms with E-state index < -0.39 is 12.1 Å². The summed E-state index contributed by atoms with van der Waals surface area (Å²) in [5.74, 6) is -1.46. The lowest BCUT2D eigenvalue weighted by Crippen LogP contribution is -2.37. The van der Waals surface area contributed by atoms with Crippen molar-refractivity contribution in [2.75, 3.05) is 0 Å². The smallest absolute Gasteiger partial charge is 0.430 e. The molecule has 0 spiro atoms. The fourth-order valence-electron chi connectivity index (χ4n) is 5.59. The first-order valence-electron chi connectivity index (χ1n) is 13.6. The third-order valence-corrected chi connectivity index (χ3v) is 9.83. The summed E-state index contributed by atoms with van der Waals surface area (Å²) in [6, 6.07) is 30.4. The van der Waals surface area contributed by atoms with Gasteiger partial charge in [-0.05, 0) is 85.0 Å². The highest BCUT2D eigenvalue weighted by molar-refractivity contribution is 7.97. The van der Waals surface area contributed by atoms with Gasteiger partial charge in [-0.15, -0.1) is 0 Å². The second kappa shape index (κ2) is 13.4. The van der Waals surface area contributed by atoms with Gasteiger partial charge in [0.05, 0.1) is 10.9 Å². The third-order valence-electron chi connectivity index (χ3n) is 7.60. The van der Waals surface area contributed by atoms with Gasteiger partial charge in [-0.3, -0.25) is 0 Å². The first-order chi connectivity index (χ1) is 18.3. The molecule has 202 valence electrons. The van der Waals surface area contributed by atoms with Crippen molar-refractivity contribution in [3.63, 3.8) is 0 Å². The van der Waals surface area contributed by atoms with E-state index in [4.69, 9.17) is 9.90 Å². The molecular weight excluding hydrogens is 505 g/mol. The zero-order valence-corrected chi connectivity index (χ0v) is 22.4. The number of carbonyl (C=O) groups excluding carboxylic acids is 1. The summed E-state index contributed by atoms with van der Waals surface area (Å²) in [4.78, 5) is 13.1. The van der Waals surface area contributed by atoms with E-state index in [0.717, 1.165) is 11.8 Å². The minimum atomic E-state index is -5.19. The van der Waals surface area contributed by atoms with E-state index in [1.165, 1.54) is 78.9 Å². The molecular formula is C32H35F3O2S. The first-order valence-corrected chi connectivity index (χ1v) is 14.8. The number of carboxylic acids is 1. The van der Waals surface area contributed by atoms with E-state index in [2.05, 4.69) is 78.9 Å². The molecule has 0 N–H and O–H groups in total. The van der Waals surface area contributed by atoms with E-state index in [0.29, 0.717) is 0 Å². The molecule has 2 fully saturated rings. The fraction of sp³-hybridized carbons (Fsp3) is 0.406. The van der Waals surface area contributed by atoms with Gasteiger partial charge >= 0.3 is 6.18 Å². The molecule has 38 heavy (non-hydrogen) atoms. The van der Waals surface area contributed by atoms with Crippen molar-refractivity contribution in [2.24, 2.45) is 0 Å². The van der Waals surface area contributed by atoms with Crippen molar-refractivity contribution in [3.05, 3.63) is 90.0 Å². The molecule has 0 aliphatic heterocycles. The zero-order chi connectivity index (χ0) is 27.0. The monoisotopic (exact) mass is 540 g/mol. The number of carbonyl (C=O) groups is 1. The second-order valence-electron chi connectivity index (χ2n) is 10.2. The maximum absolute atomic E-state index is 10.5. The Morgan fingerprint density at radius 1 is 0.605 bits per heavy atom. The molecule has 2 saturated carbocycles. The van der Waals surface area contributed by atoms with Crippen LogP contribution in [0.4, 0.5) is 13.2 Å². The Morgan fingerprint density at radius 3 is 1.29 bits per heavy atom. The van der Waals surface area contributed by atoms with Crippen LogP contribution in [0.15, 0.2) is 93.5 Å². The van der Waals surface area contributed by atoms with Gasteiger partial charge in [-0.2, -0.15) is 13.2 Å². The van der Waals surface area contributed by atoms with Crippen LogP contribution in [0.2, 0.25) is 0 Å². The SMILES string of the molecule is O=C([O-])C(F)(F)F.c1ccc([S+](c2ccc(C3CCCCC3)cc2)c2ccc(C3CCCCC3)cc2)cc1. The summed E-state index contributed by atoms with van der Waals surface area (Å²) in [6.07, 6.45) is 8.70. The molecule has 0 radical (unpaired) electrons. The quantitative estimate of drug-likeness (QED) is 0.306. The van der Waals surface area contributed by atoms with E-state index in [9.17, 15) is 13.2 Å². The fourth-order valence-corrected chi connectivity index (χ4v) is 7.65. The molecule has 0 saturated heterocycles. The maximum atomic E-state index is 10.5. The molecule has 0 unspecified atom stereocenters. The number of hydrogen-bond donors (Lipinski definition) is 0. The highest BCUT2D eigenvalue weighted by Gasteiger charge is 2.30. The van der Waals surface area contributed by atoms with Crippen LogP contribution in [0.25, 0.3) is 0 Å². The van der Waals surface area contributed by atoms with E-state index in [-0.39, 0.29) is 10.9 Å². The van der Waals surface area contributed by atoms with Gasteiger partial charge in [0.1, 0.15) is 5.97 Å². The average Bonchev–Trinajstić information content (AvgIpc) is 2.95. The number of hydrogen-bond acceptors (Lipinski definition) is 2. The van der Waals surface area contributed by atoms with Crippen LogP contribution in [-0.2, 0) is 15.7 Å². The van der Waals surface area contributed by atoms with Crippen LogP contribution >= 0.6 is 0 Å². The number of carboxylic acid groups (broad SMARTS) is 1. The summed E-state index contributed by atoms with van der Waals surface area (Å²) in [5, 5.41) is 8.78. The summed E-state index contributed by atoms with van der Waals surface area (Å²) in [7, 11) is -0.0410. The Morgan fingerprint density at radius 2 is 0.947 bits per heavy atom. The molecule has 0 heterocycles. The lowest BCUT2D eigenvalue weighted by atomic mass is 9.84. The van der Waals surface area contributed by atoms with E-state index in [1.54, 1.807) is 11.1 Å². The summed E-state index contributed by atoms with van der Waals surface area (Å²) >= 11 is 0. The van der Waals surface area contributed by atoms with Gasteiger partial charge in [0, 0.05) is 0 Å². The number of benzene rings is 3. The van der Waals surface area contributed by atoms with Crippen molar-refractivity contribution < 1.29 is 23.1 Å². The molecule has 6 heteroatoms. The molecule has 2 aliphatic rings. The van der Waals surface area contributed by atoms with E-state index >= 15 is 0 Å². The molecule has 0 amide bonds. The van der Waals surface area contributed by atoms with Crippen LogP contribution in [0.5, 0.6) is 0 Å². The zero-order valence-electron chi connectivity index (χ0n) is 21.6. The van der Waals surface area contributed by atoms with Crippen LogP contribution in [0, 0.1) is 0 Å². The first kappa shape index (κ1) is 28.3. The highest BCUT2D eigenvalue weighted by Crippen LogP contribution is 2.37. The van der Waals surface area contributed by atoms with Crippen LogP contribution in [0.3, 0.4) is 0 Å². The topological polar surface area (TPSA) is 40.1 Å². The Bertz CT molecular complexity index is 1070. The van der Waals surface area contributed by atoms with Gasteiger partial charge in [0.15, 0.2) is 14.7 Å². The van der Waals surface area contributed by atoms with Gasteiger partial charge in [0.25, 0.3) is 0 Å². The molecule has 0 atom stereocenters. The van der Waals surface area contributed by atoms with Gasteiger partial charge in [-0.1, -0.05) is 81.0 Å². The molecule has 0 aromatic heterocycles. The predicted octanol–water partition coefficient (Wildman–Crippen LogP) is 8.18. The molecule has 0 bridgehead atoms. The molecule has 5 rings (SSSR count). The standard InChI is InChI=1S/C30H35S.C2HF3O2/c1-4-10-24(11-5-1)26-16-20-29(21-17-26)31(28-14-8-3-9-15-28)30-22-18-27(19-23-30)25-12-6-2-7-13-25;3-2(4,5)1(6)7/h3,8-9,14-25H,1-2,4-7,10-13H2;(H,6,7)/q+1;/p-1. The Kier molecular flexibility index (Phi) is 9.95. The van der Waals surface area contributed by atoms with Crippen molar-refractivity contribution >= 4 is 16.9 Å². The van der Waals surface area contributed by atoms with E-state index in [1.807, 2.05) is 0 Å². The molecule has 3 aromatic rings. The van der Waals surface area contributed by atoms with Gasteiger partial charge in [0.2, 0.25) is 0 Å². The maximum Gasteiger partial charge on any atom is 0.430 e. The summed E-state index contributed by atoms with van der Waals surface area (Å²) in [5.41, 5.74) is 3.10. The highest BCUT2D eigenvalue weighted by atomic mass is 32.2. The average molecular weight is 541 g/mol. The lowest BCUT2D eigenvalue weighted by molar-refractivity contribution is -0.344. The Balaban J connectivity index is 0.000000426.